The molecule has 0 aromatic carbocycles. The maximum atomic E-state index is 12.1. The second kappa shape index (κ2) is 11.4. The summed E-state index contributed by atoms with van der Waals surface area (Å²) in [4.78, 5) is 4.28. The number of hydrogen-bond donors (Lipinski definition) is 3. The first-order chi connectivity index (χ1) is 11.5. The van der Waals surface area contributed by atoms with Gasteiger partial charge in [0.2, 0.25) is 0 Å². The highest BCUT2D eigenvalue weighted by molar-refractivity contribution is 7.93. The summed E-state index contributed by atoms with van der Waals surface area (Å²) in [6, 6.07) is 3.24. The fourth-order valence-electron chi connectivity index (χ4n) is 2.13. The van der Waals surface area contributed by atoms with Crippen LogP contribution in [0.15, 0.2) is 26.7 Å². The van der Waals surface area contributed by atoms with Gasteiger partial charge < -0.3 is 15.7 Å². The maximum absolute atomic E-state index is 12.1. The summed E-state index contributed by atoms with van der Waals surface area (Å²) < 4.78 is 24.5. The Kier molecular flexibility index (Phi) is 9.97. The Morgan fingerprint density at radius 3 is 2.71 bits per heavy atom. The zero-order valence-corrected chi connectivity index (χ0v) is 16.1. The van der Waals surface area contributed by atoms with Gasteiger partial charge in [0.15, 0.2) is 15.8 Å². The lowest BCUT2D eigenvalue weighted by atomic mass is 10.2. The number of nitrogens with one attached hydrogen (secondary N) is 2. The molecule has 1 rings (SSSR count). The molecule has 1 atom stereocenters. The topological polar surface area (TPSA) is 90.8 Å². The molecule has 1 heterocycles. The lowest BCUT2D eigenvalue weighted by Gasteiger charge is -2.13. The number of aliphatic hydroxyl groups excluding tert-OH is 1. The van der Waals surface area contributed by atoms with Crippen molar-refractivity contribution in [1.29, 1.82) is 0 Å². The van der Waals surface area contributed by atoms with Crippen LogP contribution >= 0.6 is 11.3 Å². The van der Waals surface area contributed by atoms with Crippen molar-refractivity contribution in [3.8, 4) is 0 Å². The van der Waals surface area contributed by atoms with Crippen LogP contribution in [0.2, 0.25) is 0 Å². The molecule has 0 amide bonds. The molecule has 138 valence electrons. The minimum Gasteiger partial charge on any atom is -0.390 e. The molecule has 1 aromatic heterocycles. The molecule has 0 radical (unpaired) electrons. The highest BCUT2D eigenvalue weighted by atomic mass is 32.2. The summed E-state index contributed by atoms with van der Waals surface area (Å²) in [5.41, 5.74) is 0. The van der Waals surface area contributed by atoms with Crippen LogP contribution in [-0.2, 0) is 9.84 Å². The third-order valence-electron chi connectivity index (χ3n) is 3.34. The van der Waals surface area contributed by atoms with E-state index >= 15 is 0 Å². The third-order valence-corrected chi connectivity index (χ3v) is 6.63. The van der Waals surface area contributed by atoms with Crippen molar-refractivity contribution in [2.24, 2.45) is 4.99 Å². The van der Waals surface area contributed by atoms with Gasteiger partial charge in [0.05, 0.1) is 18.4 Å². The van der Waals surface area contributed by atoms with Gasteiger partial charge >= 0.3 is 0 Å². The first-order valence-corrected chi connectivity index (χ1v) is 11.0. The Hall–Kier alpha value is -1.12. The SMILES string of the molecule is CCCCCCNC(=NCC(O)CS(=O)(=O)c1cccs1)NCC. The normalized spacial score (nSPS) is 13.7. The van der Waals surface area contributed by atoms with Gasteiger partial charge in [0, 0.05) is 13.1 Å². The maximum Gasteiger partial charge on any atom is 0.191 e. The largest absolute Gasteiger partial charge is 0.390 e. The van der Waals surface area contributed by atoms with Gasteiger partial charge in [-0.3, -0.25) is 4.99 Å². The van der Waals surface area contributed by atoms with Crippen LogP contribution in [0.25, 0.3) is 0 Å². The molecule has 0 bridgehead atoms. The summed E-state index contributed by atoms with van der Waals surface area (Å²) in [6.45, 7) is 5.71. The van der Waals surface area contributed by atoms with Crippen molar-refractivity contribution < 1.29 is 13.5 Å². The first kappa shape index (κ1) is 20.9. The van der Waals surface area contributed by atoms with Crippen molar-refractivity contribution in [3.05, 3.63) is 17.5 Å². The van der Waals surface area contributed by atoms with Gasteiger partial charge in [0.25, 0.3) is 0 Å². The number of sulfone groups is 1. The summed E-state index contributed by atoms with van der Waals surface area (Å²) in [5, 5.41) is 18.0. The Morgan fingerprint density at radius 1 is 1.29 bits per heavy atom. The molecule has 8 heteroatoms. The fraction of sp³-hybridized carbons (Fsp3) is 0.688. The van der Waals surface area contributed by atoms with E-state index in [0.717, 1.165) is 24.3 Å². The van der Waals surface area contributed by atoms with Crippen molar-refractivity contribution >= 4 is 27.1 Å². The number of aliphatic imine (C=N–C) groups is 1. The Labute approximate surface area is 149 Å². The minimum absolute atomic E-state index is 0.0505. The van der Waals surface area contributed by atoms with Crippen molar-refractivity contribution in [1.82, 2.24) is 10.6 Å². The Balaban J connectivity index is 2.46. The van der Waals surface area contributed by atoms with E-state index in [4.69, 9.17) is 0 Å². The molecule has 0 spiro atoms. The lowest BCUT2D eigenvalue weighted by Crippen LogP contribution is -2.38. The summed E-state index contributed by atoms with van der Waals surface area (Å²) in [7, 11) is -3.45. The number of hydrogen-bond acceptors (Lipinski definition) is 5. The van der Waals surface area contributed by atoms with E-state index in [1.54, 1.807) is 17.5 Å². The number of guanidine groups is 1. The third kappa shape index (κ3) is 8.12. The van der Waals surface area contributed by atoms with Gasteiger partial charge in [-0.05, 0) is 24.8 Å². The van der Waals surface area contributed by atoms with Gasteiger partial charge in [0.1, 0.15) is 4.21 Å². The van der Waals surface area contributed by atoms with Crippen LogP contribution in [0.1, 0.15) is 39.5 Å². The van der Waals surface area contributed by atoms with Crippen LogP contribution in [0.5, 0.6) is 0 Å². The average Bonchev–Trinajstić information content (AvgIpc) is 3.07. The van der Waals surface area contributed by atoms with E-state index < -0.39 is 15.9 Å². The van der Waals surface area contributed by atoms with Crippen LogP contribution in [0.3, 0.4) is 0 Å². The zero-order chi connectivity index (χ0) is 17.8. The van der Waals surface area contributed by atoms with E-state index in [9.17, 15) is 13.5 Å². The molecule has 0 fully saturated rings. The minimum atomic E-state index is -3.45. The molecule has 24 heavy (non-hydrogen) atoms. The van der Waals surface area contributed by atoms with Crippen LogP contribution in [0, 0.1) is 0 Å². The summed E-state index contributed by atoms with van der Waals surface area (Å²) >= 11 is 1.16. The summed E-state index contributed by atoms with van der Waals surface area (Å²) in [6.07, 6.45) is 3.62. The number of thiophene rings is 1. The molecular formula is C16H29N3O3S2. The van der Waals surface area contributed by atoms with Gasteiger partial charge in [-0.15, -0.1) is 11.3 Å². The molecule has 1 aromatic rings. The molecule has 0 aliphatic heterocycles. The highest BCUT2D eigenvalue weighted by Crippen LogP contribution is 2.18. The quantitative estimate of drug-likeness (QED) is 0.313. The predicted octanol–water partition coefficient (Wildman–Crippen LogP) is 2.02. The molecular weight excluding hydrogens is 346 g/mol. The van der Waals surface area contributed by atoms with Gasteiger partial charge in [-0.2, -0.15) is 0 Å². The second-order valence-corrected chi connectivity index (χ2v) is 8.78. The van der Waals surface area contributed by atoms with E-state index in [2.05, 4.69) is 22.5 Å². The molecule has 6 nitrogen and oxygen atoms in total. The lowest BCUT2D eigenvalue weighted by molar-refractivity contribution is 0.206. The van der Waals surface area contributed by atoms with Crippen molar-refractivity contribution in [2.45, 2.75) is 49.8 Å². The van der Waals surface area contributed by atoms with Gasteiger partial charge in [-0.25, -0.2) is 8.42 Å². The summed E-state index contributed by atoms with van der Waals surface area (Å²) in [5.74, 6) is 0.300. The van der Waals surface area contributed by atoms with E-state index in [0.29, 0.717) is 12.5 Å². The van der Waals surface area contributed by atoms with Crippen LogP contribution in [-0.4, -0.2) is 51.0 Å². The van der Waals surface area contributed by atoms with E-state index in [1.165, 1.54) is 19.3 Å². The fourth-order valence-corrected chi connectivity index (χ4v) is 4.59. The number of aliphatic hydroxyl groups is 1. The Bertz CT molecular complexity index is 571. The molecule has 0 saturated carbocycles. The zero-order valence-electron chi connectivity index (χ0n) is 14.5. The van der Waals surface area contributed by atoms with Gasteiger partial charge in [-0.1, -0.05) is 32.3 Å². The first-order valence-electron chi connectivity index (χ1n) is 8.46. The number of unbranched alkanes of at least 4 members (excludes halogenated alkanes) is 3. The molecule has 0 aliphatic rings. The monoisotopic (exact) mass is 375 g/mol. The van der Waals surface area contributed by atoms with Crippen LogP contribution < -0.4 is 10.6 Å². The second-order valence-electron chi connectivity index (χ2n) is 5.57. The molecule has 0 saturated heterocycles. The Morgan fingerprint density at radius 2 is 2.08 bits per heavy atom. The van der Waals surface area contributed by atoms with Crippen LogP contribution in [0.4, 0.5) is 0 Å². The number of nitrogens with zero attached hydrogens (tertiary/aromatic N) is 1. The van der Waals surface area contributed by atoms with E-state index in [-0.39, 0.29) is 16.5 Å². The van der Waals surface area contributed by atoms with Crippen molar-refractivity contribution in [2.75, 3.05) is 25.4 Å². The number of rotatable bonds is 11. The highest BCUT2D eigenvalue weighted by Gasteiger charge is 2.20. The predicted molar refractivity (Wildman–Crippen MR) is 101 cm³/mol. The molecule has 0 aliphatic carbocycles. The van der Waals surface area contributed by atoms with Crippen molar-refractivity contribution in [3.63, 3.8) is 0 Å². The van der Waals surface area contributed by atoms with E-state index in [1.807, 2.05) is 6.92 Å². The average molecular weight is 376 g/mol. The molecule has 3 N–H and O–H groups in total. The smallest absolute Gasteiger partial charge is 0.191 e. The molecule has 1 unspecified atom stereocenters. The standard InChI is InChI=1S/C16H29N3O3S2/c1-3-5-6-7-10-18-16(17-4-2)19-12-14(20)13-24(21,22)15-9-8-11-23-15/h8-9,11,14,20H,3-7,10,12-13H2,1-2H3,(H2,17,18,19).